The number of hydrogen-bond acceptors (Lipinski definition) is 5. The lowest BCUT2D eigenvalue weighted by Gasteiger charge is -2.16. The van der Waals surface area contributed by atoms with Gasteiger partial charge in [-0.25, -0.2) is 0 Å². The van der Waals surface area contributed by atoms with Gasteiger partial charge in [0.1, 0.15) is 5.82 Å². The number of thioether (sulfide) groups is 1. The molecule has 0 radical (unpaired) electrons. The number of aromatic nitrogens is 3. The van der Waals surface area contributed by atoms with E-state index in [9.17, 15) is 4.79 Å². The van der Waals surface area contributed by atoms with Gasteiger partial charge in [-0.15, -0.1) is 22.0 Å². The Kier molecular flexibility index (Phi) is 3.25. The molecule has 0 aliphatic carbocycles. The second-order valence-electron chi connectivity index (χ2n) is 4.73. The number of rotatable bonds is 3. The molecule has 1 saturated heterocycles. The molecule has 1 amide bonds. The van der Waals surface area contributed by atoms with Gasteiger partial charge in [-0.2, -0.15) is 0 Å². The zero-order valence-corrected chi connectivity index (χ0v) is 11.2. The monoisotopic (exact) mass is 267 g/mol. The van der Waals surface area contributed by atoms with E-state index >= 15 is 0 Å². The van der Waals surface area contributed by atoms with Gasteiger partial charge in [0.05, 0.1) is 12.1 Å². The zero-order valence-electron chi connectivity index (χ0n) is 10.3. The third-order valence-electron chi connectivity index (χ3n) is 3.42. The topological polar surface area (TPSA) is 71.8 Å². The lowest BCUT2D eigenvalue weighted by atomic mass is 10.2. The Morgan fingerprint density at radius 3 is 3.28 bits per heavy atom. The average molecular weight is 267 g/mol. The smallest absolute Gasteiger partial charge is 0.238 e. The van der Waals surface area contributed by atoms with E-state index in [-0.39, 0.29) is 18.0 Å². The second-order valence-corrected chi connectivity index (χ2v) is 5.76. The van der Waals surface area contributed by atoms with E-state index in [1.807, 2.05) is 6.92 Å². The number of hydrogen-bond donors (Lipinski definition) is 2. The number of aryl methyl sites for hydroxylation is 1. The molecule has 0 aromatic carbocycles. The van der Waals surface area contributed by atoms with Crippen molar-refractivity contribution in [1.29, 1.82) is 0 Å². The summed E-state index contributed by atoms with van der Waals surface area (Å²) >= 11 is 1.75. The summed E-state index contributed by atoms with van der Waals surface area (Å²) in [5.41, 5.74) is 0. The summed E-state index contributed by atoms with van der Waals surface area (Å²) in [6.07, 6.45) is 2.12. The molecule has 1 fully saturated rings. The molecule has 0 bridgehead atoms. The molecule has 98 valence electrons. The van der Waals surface area contributed by atoms with Crippen molar-refractivity contribution in [1.82, 2.24) is 25.4 Å². The molecule has 0 spiro atoms. The third-order valence-corrected chi connectivity index (χ3v) is 4.36. The van der Waals surface area contributed by atoms with Gasteiger partial charge >= 0.3 is 0 Å². The van der Waals surface area contributed by atoms with Crippen LogP contribution >= 0.6 is 11.8 Å². The number of nitrogens with zero attached hydrogens (tertiary/aromatic N) is 3. The lowest BCUT2D eigenvalue weighted by Crippen LogP contribution is -2.43. The summed E-state index contributed by atoms with van der Waals surface area (Å²) in [7, 11) is 0. The minimum absolute atomic E-state index is 0.0582. The molecule has 2 aliphatic heterocycles. The van der Waals surface area contributed by atoms with Crippen LogP contribution in [0.25, 0.3) is 0 Å². The van der Waals surface area contributed by atoms with Gasteiger partial charge in [0.2, 0.25) is 5.91 Å². The molecule has 2 atom stereocenters. The first-order valence-electron chi connectivity index (χ1n) is 6.29. The van der Waals surface area contributed by atoms with Gasteiger partial charge < -0.3 is 9.88 Å². The van der Waals surface area contributed by atoms with Crippen molar-refractivity contribution >= 4 is 17.7 Å². The summed E-state index contributed by atoms with van der Waals surface area (Å²) in [6.45, 7) is 2.94. The van der Waals surface area contributed by atoms with Crippen LogP contribution in [0, 0.1) is 0 Å². The van der Waals surface area contributed by atoms with Crippen molar-refractivity contribution in [3.63, 3.8) is 0 Å². The fourth-order valence-electron chi connectivity index (χ4n) is 2.44. The Bertz CT molecular complexity index is 454. The standard InChI is InChI=1S/C11H17N5OS/c1-7(13-11(17)8-5-18-6-12-8)10-15-14-9-3-2-4-16(9)10/h7-8,12H,2-6H2,1H3,(H,13,17). The fraction of sp³-hybridized carbons (Fsp3) is 0.727. The van der Waals surface area contributed by atoms with Gasteiger partial charge in [-0.1, -0.05) is 0 Å². The predicted molar refractivity (Wildman–Crippen MR) is 69.1 cm³/mol. The summed E-state index contributed by atoms with van der Waals surface area (Å²) in [5, 5.41) is 14.5. The molecule has 2 unspecified atom stereocenters. The Labute approximate surface area is 110 Å². The van der Waals surface area contributed by atoms with Crippen LogP contribution in [0.3, 0.4) is 0 Å². The van der Waals surface area contributed by atoms with Crippen LogP contribution < -0.4 is 10.6 Å². The minimum atomic E-state index is -0.0794. The lowest BCUT2D eigenvalue weighted by molar-refractivity contribution is -0.123. The predicted octanol–water partition coefficient (Wildman–Crippen LogP) is 0.0640. The molecule has 2 aliphatic rings. The van der Waals surface area contributed by atoms with Crippen LogP contribution in [0.2, 0.25) is 0 Å². The van der Waals surface area contributed by atoms with E-state index in [1.165, 1.54) is 0 Å². The van der Waals surface area contributed by atoms with E-state index in [2.05, 4.69) is 25.4 Å². The quantitative estimate of drug-likeness (QED) is 0.810. The van der Waals surface area contributed by atoms with Crippen molar-refractivity contribution in [2.45, 2.75) is 38.4 Å². The fourth-order valence-corrected chi connectivity index (χ4v) is 3.38. The highest BCUT2D eigenvalue weighted by atomic mass is 32.2. The maximum absolute atomic E-state index is 12.0. The van der Waals surface area contributed by atoms with E-state index < -0.39 is 0 Å². The summed E-state index contributed by atoms with van der Waals surface area (Å²) in [5.74, 6) is 3.67. The van der Waals surface area contributed by atoms with Gasteiger partial charge in [-0.3, -0.25) is 10.1 Å². The molecule has 1 aromatic heterocycles. The van der Waals surface area contributed by atoms with E-state index in [0.29, 0.717) is 0 Å². The molecule has 0 saturated carbocycles. The summed E-state index contributed by atoms with van der Waals surface area (Å²) in [4.78, 5) is 12.0. The highest BCUT2D eigenvalue weighted by Crippen LogP contribution is 2.19. The Hall–Kier alpha value is -1.08. The average Bonchev–Trinajstić information content (AvgIpc) is 3.06. The normalized spacial score (nSPS) is 23.9. The van der Waals surface area contributed by atoms with E-state index in [0.717, 1.165) is 42.7 Å². The number of nitrogens with one attached hydrogen (secondary N) is 2. The van der Waals surface area contributed by atoms with Crippen molar-refractivity contribution < 1.29 is 4.79 Å². The van der Waals surface area contributed by atoms with E-state index in [4.69, 9.17) is 0 Å². The first-order valence-corrected chi connectivity index (χ1v) is 7.44. The molecule has 7 heteroatoms. The number of carbonyl (C=O) groups is 1. The van der Waals surface area contributed by atoms with Crippen molar-refractivity contribution in [2.24, 2.45) is 0 Å². The van der Waals surface area contributed by atoms with Gasteiger partial charge in [-0.05, 0) is 13.3 Å². The van der Waals surface area contributed by atoms with Gasteiger partial charge in [0.25, 0.3) is 0 Å². The largest absolute Gasteiger partial charge is 0.345 e. The maximum Gasteiger partial charge on any atom is 0.238 e. The van der Waals surface area contributed by atoms with Crippen LogP contribution in [0.5, 0.6) is 0 Å². The van der Waals surface area contributed by atoms with Crippen LogP contribution in [-0.2, 0) is 17.8 Å². The number of carbonyl (C=O) groups excluding carboxylic acids is 1. The maximum atomic E-state index is 12.0. The highest BCUT2D eigenvalue weighted by Gasteiger charge is 2.26. The molecule has 1 aromatic rings. The minimum Gasteiger partial charge on any atom is -0.345 e. The van der Waals surface area contributed by atoms with Crippen molar-refractivity contribution in [2.75, 3.05) is 11.6 Å². The molecular weight excluding hydrogens is 250 g/mol. The first-order chi connectivity index (χ1) is 8.75. The first kappa shape index (κ1) is 12.0. The summed E-state index contributed by atoms with van der Waals surface area (Å²) in [6, 6.07) is -0.150. The number of amides is 1. The molecule has 6 nitrogen and oxygen atoms in total. The van der Waals surface area contributed by atoms with Crippen LogP contribution in [0.4, 0.5) is 0 Å². The number of fused-ring (bicyclic) bond motifs is 1. The molecule has 18 heavy (non-hydrogen) atoms. The highest BCUT2D eigenvalue weighted by molar-refractivity contribution is 7.99. The van der Waals surface area contributed by atoms with Crippen LogP contribution in [0.1, 0.15) is 31.0 Å². The van der Waals surface area contributed by atoms with Crippen LogP contribution in [-0.4, -0.2) is 38.3 Å². The van der Waals surface area contributed by atoms with Crippen molar-refractivity contribution in [3.8, 4) is 0 Å². The Balaban J connectivity index is 1.67. The molecule has 3 rings (SSSR count). The zero-order chi connectivity index (χ0) is 12.5. The molecular formula is C11H17N5OS. The molecule has 3 heterocycles. The van der Waals surface area contributed by atoms with Crippen LogP contribution in [0.15, 0.2) is 0 Å². The van der Waals surface area contributed by atoms with E-state index in [1.54, 1.807) is 11.8 Å². The summed E-state index contributed by atoms with van der Waals surface area (Å²) < 4.78 is 2.13. The van der Waals surface area contributed by atoms with Crippen molar-refractivity contribution in [3.05, 3.63) is 11.6 Å². The Morgan fingerprint density at radius 2 is 2.50 bits per heavy atom. The Morgan fingerprint density at radius 1 is 1.61 bits per heavy atom. The third kappa shape index (κ3) is 2.12. The van der Waals surface area contributed by atoms with Gasteiger partial charge in [0.15, 0.2) is 5.82 Å². The van der Waals surface area contributed by atoms with Gasteiger partial charge in [0, 0.05) is 24.6 Å². The SMILES string of the molecule is CC(NC(=O)C1CSCN1)c1nnc2n1CCC2. The molecule has 2 N–H and O–H groups in total. The second kappa shape index (κ2) is 4.89.